The summed E-state index contributed by atoms with van der Waals surface area (Å²) in [6.07, 6.45) is -3.16. The Bertz CT molecular complexity index is 642. The highest BCUT2D eigenvalue weighted by atomic mass is 19.4. The Kier molecular flexibility index (Phi) is 4.06. The van der Waals surface area contributed by atoms with Crippen LogP contribution in [0.5, 0.6) is 0 Å². The topological polar surface area (TPSA) is 75.1 Å². The highest BCUT2D eigenvalue weighted by Gasteiger charge is 2.32. The van der Waals surface area contributed by atoms with Crippen molar-refractivity contribution in [3.05, 3.63) is 53.5 Å². The molecule has 5 nitrogen and oxygen atoms in total. The van der Waals surface area contributed by atoms with Crippen LogP contribution < -0.4 is 5.32 Å². The minimum atomic E-state index is -4.50. The Balaban J connectivity index is 2.04. The molecule has 2 aromatic heterocycles. The normalized spacial score (nSPS) is 11.2. The van der Waals surface area contributed by atoms with E-state index in [4.69, 9.17) is 5.11 Å². The molecule has 0 aliphatic carbocycles. The SMILES string of the molecule is O=C(O)c1ccc(CNc2cccc(C(F)(F)F)n2)cn1. The number of hydrogen-bond acceptors (Lipinski definition) is 4. The molecule has 0 aliphatic heterocycles. The van der Waals surface area contributed by atoms with Gasteiger partial charge in [-0.15, -0.1) is 0 Å². The summed E-state index contributed by atoms with van der Waals surface area (Å²) in [6, 6.07) is 6.39. The van der Waals surface area contributed by atoms with Crippen LogP contribution in [0.25, 0.3) is 0 Å². The molecule has 0 aromatic carbocycles. The number of alkyl halides is 3. The Morgan fingerprint density at radius 1 is 1.24 bits per heavy atom. The third-order valence-electron chi connectivity index (χ3n) is 2.56. The van der Waals surface area contributed by atoms with Gasteiger partial charge < -0.3 is 10.4 Å². The first-order chi connectivity index (χ1) is 9.86. The number of aromatic nitrogens is 2. The number of aromatic carboxylic acids is 1. The van der Waals surface area contributed by atoms with Crippen LogP contribution in [0.15, 0.2) is 36.5 Å². The Labute approximate surface area is 117 Å². The van der Waals surface area contributed by atoms with Crippen molar-refractivity contribution in [2.45, 2.75) is 12.7 Å². The second kappa shape index (κ2) is 5.78. The fourth-order valence-electron chi connectivity index (χ4n) is 1.54. The third-order valence-corrected chi connectivity index (χ3v) is 2.56. The molecule has 2 aromatic rings. The zero-order chi connectivity index (χ0) is 15.5. The van der Waals surface area contributed by atoms with Crippen LogP contribution in [0.4, 0.5) is 19.0 Å². The van der Waals surface area contributed by atoms with Crippen molar-refractivity contribution in [3.8, 4) is 0 Å². The Hall–Kier alpha value is -2.64. The van der Waals surface area contributed by atoms with Crippen molar-refractivity contribution in [3.63, 3.8) is 0 Å². The lowest BCUT2D eigenvalue weighted by Crippen LogP contribution is -2.10. The lowest BCUT2D eigenvalue weighted by molar-refractivity contribution is -0.141. The van der Waals surface area contributed by atoms with Crippen LogP contribution in [0.1, 0.15) is 21.7 Å². The second-order valence-corrected chi connectivity index (χ2v) is 4.12. The summed E-state index contributed by atoms with van der Waals surface area (Å²) in [5.41, 5.74) is -0.456. The molecule has 0 radical (unpaired) electrons. The van der Waals surface area contributed by atoms with Crippen LogP contribution in [0.2, 0.25) is 0 Å². The number of hydrogen-bond donors (Lipinski definition) is 2. The Morgan fingerprint density at radius 2 is 2.00 bits per heavy atom. The van der Waals surface area contributed by atoms with E-state index in [2.05, 4.69) is 15.3 Å². The van der Waals surface area contributed by atoms with Gasteiger partial charge in [0.15, 0.2) is 0 Å². The van der Waals surface area contributed by atoms with Gasteiger partial charge in [0, 0.05) is 12.7 Å². The van der Waals surface area contributed by atoms with E-state index in [1.807, 2.05) is 0 Å². The first-order valence-electron chi connectivity index (χ1n) is 5.82. The maximum Gasteiger partial charge on any atom is 0.433 e. The third kappa shape index (κ3) is 3.91. The molecular weight excluding hydrogens is 287 g/mol. The van der Waals surface area contributed by atoms with E-state index >= 15 is 0 Å². The van der Waals surface area contributed by atoms with Crippen LogP contribution in [0.3, 0.4) is 0 Å². The van der Waals surface area contributed by atoms with Crippen molar-refractivity contribution < 1.29 is 23.1 Å². The molecule has 8 heteroatoms. The summed E-state index contributed by atoms with van der Waals surface area (Å²) in [5, 5.41) is 11.4. The molecule has 2 rings (SSSR count). The van der Waals surface area contributed by atoms with Crippen LogP contribution in [0, 0.1) is 0 Å². The zero-order valence-electron chi connectivity index (χ0n) is 10.6. The maximum absolute atomic E-state index is 12.5. The van der Waals surface area contributed by atoms with Crippen molar-refractivity contribution in [2.75, 3.05) is 5.32 Å². The standard InChI is InChI=1S/C13H10F3N3O2/c14-13(15,16)10-2-1-3-11(19-10)18-7-8-4-5-9(12(20)21)17-6-8/h1-6H,7H2,(H,18,19)(H,20,21). The Morgan fingerprint density at radius 3 is 2.57 bits per heavy atom. The molecule has 0 bridgehead atoms. The highest BCUT2D eigenvalue weighted by molar-refractivity contribution is 5.85. The average Bonchev–Trinajstić information content (AvgIpc) is 2.45. The van der Waals surface area contributed by atoms with E-state index in [9.17, 15) is 18.0 Å². The number of carboxylic acid groups (broad SMARTS) is 1. The molecule has 0 aliphatic rings. The smallest absolute Gasteiger partial charge is 0.433 e. The summed E-state index contributed by atoms with van der Waals surface area (Å²) >= 11 is 0. The molecule has 0 amide bonds. The molecule has 0 atom stereocenters. The molecule has 2 heterocycles. The van der Waals surface area contributed by atoms with Gasteiger partial charge in [0.2, 0.25) is 0 Å². The van der Waals surface area contributed by atoms with E-state index in [0.717, 1.165) is 6.07 Å². The van der Waals surface area contributed by atoms with Crippen molar-refractivity contribution in [1.82, 2.24) is 9.97 Å². The molecule has 0 spiro atoms. The molecule has 0 saturated carbocycles. The number of carboxylic acids is 1. The minimum Gasteiger partial charge on any atom is -0.477 e. The molecule has 0 unspecified atom stereocenters. The monoisotopic (exact) mass is 297 g/mol. The fraction of sp³-hybridized carbons (Fsp3) is 0.154. The summed E-state index contributed by atoms with van der Waals surface area (Å²) in [5.74, 6) is -1.07. The number of carbonyl (C=O) groups is 1. The molecule has 110 valence electrons. The van der Waals surface area contributed by atoms with E-state index in [0.29, 0.717) is 5.56 Å². The van der Waals surface area contributed by atoms with Crippen molar-refractivity contribution in [1.29, 1.82) is 0 Å². The molecular formula is C13H10F3N3O2. The van der Waals surface area contributed by atoms with Crippen LogP contribution in [-0.2, 0) is 12.7 Å². The molecule has 2 N–H and O–H groups in total. The quantitative estimate of drug-likeness (QED) is 0.907. The molecule has 0 fully saturated rings. The lowest BCUT2D eigenvalue weighted by Gasteiger charge is -2.09. The predicted molar refractivity (Wildman–Crippen MR) is 67.8 cm³/mol. The predicted octanol–water partition coefficient (Wildman–Crippen LogP) is 2.81. The van der Waals surface area contributed by atoms with Gasteiger partial charge in [0.05, 0.1) is 0 Å². The highest BCUT2D eigenvalue weighted by Crippen LogP contribution is 2.28. The first kappa shape index (κ1) is 14.8. The van der Waals surface area contributed by atoms with Crippen molar-refractivity contribution >= 4 is 11.8 Å². The fourth-order valence-corrected chi connectivity index (χ4v) is 1.54. The lowest BCUT2D eigenvalue weighted by atomic mass is 10.2. The molecule has 0 saturated heterocycles. The summed E-state index contributed by atoms with van der Waals surface area (Å²) in [7, 11) is 0. The number of pyridine rings is 2. The minimum absolute atomic E-state index is 0.0761. The zero-order valence-corrected chi connectivity index (χ0v) is 10.6. The van der Waals surface area contributed by atoms with E-state index in [1.54, 1.807) is 0 Å². The summed E-state index contributed by atoms with van der Waals surface area (Å²) < 4.78 is 37.5. The van der Waals surface area contributed by atoms with Gasteiger partial charge in [-0.3, -0.25) is 0 Å². The van der Waals surface area contributed by atoms with E-state index < -0.39 is 17.8 Å². The summed E-state index contributed by atoms with van der Waals surface area (Å²) in [4.78, 5) is 17.8. The number of halogens is 3. The molecule has 21 heavy (non-hydrogen) atoms. The van der Waals surface area contributed by atoms with E-state index in [-0.39, 0.29) is 18.1 Å². The van der Waals surface area contributed by atoms with Gasteiger partial charge in [0.25, 0.3) is 0 Å². The van der Waals surface area contributed by atoms with E-state index in [1.165, 1.54) is 30.5 Å². The van der Waals surface area contributed by atoms with Crippen LogP contribution in [-0.4, -0.2) is 21.0 Å². The number of nitrogens with zero attached hydrogens (tertiary/aromatic N) is 2. The van der Waals surface area contributed by atoms with Crippen molar-refractivity contribution in [2.24, 2.45) is 0 Å². The van der Waals surface area contributed by atoms with Gasteiger partial charge in [-0.1, -0.05) is 12.1 Å². The number of anilines is 1. The number of rotatable bonds is 4. The van der Waals surface area contributed by atoms with Gasteiger partial charge in [0.1, 0.15) is 17.2 Å². The average molecular weight is 297 g/mol. The largest absolute Gasteiger partial charge is 0.477 e. The first-order valence-corrected chi connectivity index (χ1v) is 5.82. The number of nitrogens with one attached hydrogen (secondary N) is 1. The van der Waals surface area contributed by atoms with Crippen LogP contribution >= 0.6 is 0 Å². The second-order valence-electron chi connectivity index (χ2n) is 4.12. The van der Waals surface area contributed by atoms with Gasteiger partial charge in [-0.2, -0.15) is 13.2 Å². The summed E-state index contributed by atoms with van der Waals surface area (Å²) in [6.45, 7) is 0.182. The maximum atomic E-state index is 12.5. The van der Waals surface area contributed by atoms with Gasteiger partial charge >= 0.3 is 12.1 Å². The van der Waals surface area contributed by atoms with Gasteiger partial charge in [-0.25, -0.2) is 14.8 Å². The van der Waals surface area contributed by atoms with Gasteiger partial charge in [-0.05, 0) is 23.8 Å².